The molecule has 0 spiro atoms. The molecule has 0 saturated carbocycles. The molecule has 0 atom stereocenters. The number of nitrogens with zero attached hydrogens (tertiary/aromatic N) is 1. The summed E-state index contributed by atoms with van der Waals surface area (Å²) in [5.41, 5.74) is 0.381. The molecule has 1 rings (SSSR count). The molecular weight excluding hydrogens is 174 g/mol. The zero-order valence-corrected chi connectivity index (χ0v) is 7.06. The molecule has 0 radical (unpaired) electrons. The van der Waals surface area contributed by atoms with Gasteiger partial charge >= 0.3 is 12.2 Å². The van der Waals surface area contributed by atoms with Gasteiger partial charge in [0.25, 0.3) is 0 Å². The second-order valence-corrected chi connectivity index (χ2v) is 2.84. The highest BCUT2D eigenvalue weighted by molar-refractivity contribution is 5.88. The lowest BCUT2D eigenvalue weighted by Crippen LogP contribution is -2.34. The first kappa shape index (κ1) is 9.57. The second-order valence-electron chi connectivity index (χ2n) is 2.84. The number of imide groups is 1. The monoisotopic (exact) mass is 185 g/mol. The van der Waals surface area contributed by atoms with Crippen molar-refractivity contribution in [1.29, 1.82) is 0 Å². The molecule has 5 heteroatoms. The average molecular weight is 185 g/mol. The molecule has 0 heterocycles. The fourth-order valence-electron chi connectivity index (χ4n) is 1.35. The summed E-state index contributed by atoms with van der Waals surface area (Å²) in [4.78, 5) is 21.5. The van der Waals surface area contributed by atoms with Gasteiger partial charge in [-0.3, -0.25) is 0 Å². The van der Waals surface area contributed by atoms with E-state index in [9.17, 15) is 9.59 Å². The normalized spacial score (nSPS) is 16.2. The lowest BCUT2D eigenvalue weighted by atomic mass is 10.0. The van der Waals surface area contributed by atoms with Gasteiger partial charge in [0.1, 0.15) is 0 Å². The van der Waals surface area contributed by atoms with Crippen molar-refractivity contribution in [2.75, 3.05) is 0 Å². The van der Waals surface area contributed by atoms with Crippen molar-refractivity contribution in [3.8, 4) is 0 Å². The van der Waals surface area contributed by atoms with Crippen LogP contribution in [0.5, 0.6) is 0 Å². The molecule has 1 aliphatic rings. The number of allylic oxidation sites excluding steroid dienone is 2. The van der Waals surface area contributed by atoms with Gasteiger partial charge in [0, 0.05) is 5.70 Å². The Balaban J connectivity index is 2.80. The standard InChI is InChI=1S/C8H11NO4/c10-7(11)9(8(12)13)6-4-2-1-3-5-6/h4H,1-3,5H2,(H,10,11)(H,12,13). The highest BCUT2D eigenvalue weighted by atomic mass is 16.4. The van der Waals surface area contributed by atoms with E-state index in [2.05, 4.69) is 0 Å². The third-order valence-electron chi connectivity index (χ3n) is 1.94. The second kappa shape index (κ2) is 3.93. The van der Waals surface area contributed by atoms with Crippen LogP contribution in [0.25, 0.3) is 0 Å². The van der Waals surface area contributed by atoms with Crippen molar-refractivity contribution in [3.63, 3.8) is 0 Å². The topological polar surface area (TPSA) is 77.8 Å². The van der Waals surface area contributed by atoms with Crippen molar-refractivity contribution >= 4 is 12.2 Å². The van der Waals surface area contributed by atoms with E-state index in [4.69, 9.17) is 10.2 Å². The van der Waals surface area contributed by atoms with E-state index >= 15 is 0 Å². The summed E-state index contributed by atoms with van der Waals surface area (Å²) in [6.45, 7) is 0. The van der Waals surface area contributed by atoms with Crippen LogP contribution in [0.3, 0.4) is 0 Å². The van der Waals surface area contributed by atoms with Gasteiger partial charge < -0.3 is 10.2 Å². The summed E-state index contributed by atoms with van der Waals surface area (Å²) >= 11 is 0. The molecule has 1 aliphatic carbocycles. The molecule has 0 aromatic carbocycles. The summed E-state index contributed by atoms with van der Waals surface area (Å²) in [5.74, 6) is 0. The zero-order chi connectivity index (χ0) is 9.84. The van der Waals surface area contributed by atoms with Crippen LogP contribution in [0.2, 0.25) is 0 Å². The van der Waals surface area contributed by atoms with Crippen LogP contribution in [0.4, 0.5) is 9.59 Å². The fourth-order valence-corrected chi connectivity index (χ4v) is 1.35. The molecular formula is C8H11NO4. The fraction of sp³-hybridized carbons (Fsp3) is 0.500. The molecule has 0 bridgehead atoms. The van der Waals surface area contributed by atoms with Gasteiger partial charge in [-0.05, 0) is 25.7 Å². The minimum absolute atomic E-state index is 0.381. The number of amides is 2. The van der Waals surface area contributed by atoms with Crippen molar-refractivity contribution in [2.24, 2.45) is 0 Å². The van der Waals surface area contributed by atoms with Crippen LogP contribution in [0, 0.1) is 0 Å². The molecule has 0 aromatic rings. The number of carbonyl (C=O) groups is 2. The highest BCUT2D eigenvalue weighted by Gasteiger charge is 2.24. The quantitative estimate of drug-likeness (QED) is 0.655. The van der Waals surface area contributed by atoms with Crippen molar-refractivity contribution in [3.05, 3.63) is 11.8 Å². The molecule has 0 unspecified atom stereocenters. The molecule has 2 amide bonds. The van der Waals surface area contributed by atoms with Crippen LogP contribution < -0.4 is 0 Å². The largest absolute Gasteiger partial charge is 0.464 e. The predicted molar refractivity (Wildman–Crippen MR) is 44.4 cm³/mol. The minimum Gasteiger partial charge on any atom is -0.464 e. The molecule has 0 aliphatic heterocycles. The maximum atomic E-state index is 10.5. The van der Waals surface area contributed by atoms with Gasteiger partial charge in [0.05, 0.1) is 0 Å². The van der Waals surface area contributed by atoms with Crippen LogP contribution >= 0.6 is 0 Å². The van der Waals surface area contributed by atoms with Gasteiger partial charge in [-0.2, -0.15) is 4.90 Å². The summed E-state index contributed by atoms with van der Waals surface area (Å²) in [7, 11) is 0. The Labute approximate surface area is 75.3 Å². The van der Waals surface area contributed by atoms with E-state index < -0.39 is 12.2 Å². The summed E-state index contributed by atoms with van der Waals surface area (Å²) < 4.78 is 0. The maximum absolute atomic E-state index is 10.5. The van der Waals surface area contributed by atoms with E-state index in [1.54, 1.807) is 6.08 Å². The Kier molecular flexibility index (Phi) is 2.89. The first-order chi connectivity index (χ1) is 6.13. The van der Waals surface area contributed by atoms with Crippen molar-refractivity contribution < 1.29 is 19.8 Å². The summed E-state index contributed by atoms with van der Waals surface area (Å²) in [6, 6.07) is 0. The van der Waals surface area contributed by atoms with E-state index in [0.29, 0.717) is 17.0 Å². The molecule has 5 nitrogen and oxygen atoms in total. The first-order valence-corrected chi connectivity index (χ1v) is 4.08. The Morgan fingerprint density at radius 2 is 1.85 bits per heavy atom. The lowest BCUT2D eigenvalue weighted by Gasteiger charge is -2.19. The van der Waals surface area contributed by atoms with E-state index in [0.717, 1.165) is 19.3 Å². The Bertz CT molecular complexity index is 245. The Hall–Kier alpha value is -1.52. The number of carboxylic acid groups (broad SMARTS) is 2. The lowest BCUT2D eigenvalue weighted by molar-refractivity contribution is 0.132. The number of hydrogen-bond donors (Lipinski definition) is 2. The SMILES string of the molecule is O=C(O)N(C(=O)O)C1=CCCCC1. The molecule has 13 heavy (non-hydrogen) atoms. The van der Waals surface area contributed by atoms with Crippen LogP contribution in [0.15, 0.2) is 11.8 Å². The van der Waals surface area contributed by atoms with E-state index in [1.807, 2.05) is 0 Å². The summed E-state index contributed by atoms with van der Waals surface area (Å²) in [5, 5.41) is 17.2. The van der Waals surface area contributed by atoms with Crippen molar-refractivity contribution in [1.82, 2.24) is 4.90 Å². The van der Waals surface area contributed by atoms with Crippen LogP contribution in [-0.4, -0.2) is 27.3 Å². The Morgan fingerprint density at radius 3 is 2.23 bits per heavy atom. The number of hydrogen-bond acceptors (Lipinski definition) is 2. The molecule has 0 saturated heterocycles. The molecule has 0 aromatic heterocycles. The third kappa shape index (κ3) is 2.21. The zero-order valence-electron chi connectivity index (χ0n) is 7.06. The third-order valence-corrected chi connectivity index (χ3v) is 1.94. The van der Waals surface area contributed by atoms with Gasteiger partial charge in [-0.1, -0.05) is 6.08 Å². The molecule has 2 N–H and O–H groups in total. The molecule has 72 valence electrons. The van der Waals surface area contributed by atoms with E-state index in [1.165, 1.54) is 0 Å². The number of rotatable bonds is 1. The predicted octanol–water partition coefficient (Wildman–Crippen LogP) is 2.10. The molecule has 0 fully saturated rings. The average Bonchev–Trinajstić information content (AvgIpc) is 2.04. The maximum Gasteiger partial charge on any atom is 0.421 e. The van der Waals surface area contributed by atoms with Gasteiger partial charge in [-0.25, -0.2) is 9.59 Å². The first-order valence-electron chi connectivity index (χ1n) is 4.08. The van der Waals surface area contributed by atoms with E-state index in [-0.39, 0.29) is 0 Å². The smallest absolute Gasteiger partial charge is 0.421 e. The minimum atomic E-state index is -1.43. The van der Waals surface area contributed by atoms with Gasteiger partial charge in [0.2, 0.25) is 0 Å². The Morgan fingerprint density at radius 1 is 1.23 bits per heavy atom. The van der Waals surface area contributed by atoms with Gasteiger partial charge in [-0.15, -0.1) is 0 Å². The van der Waals surface area contributed by atoms with Crippen LogP contribution in [-0.2, 0) is 0 Å². The van der Waals surface area contributed by atoms with Crippen LogP contribution in [0.1, 0.15) is 25.7 Å². The summed E-state index contributed by atoms with van der Waals surface area (Å²) in [6.07, 6.45) is 1.94. The highest BCUT2D eigenvalue weighted by Crippen LogP contribution is 2.20. The van der Waals surface area contributed by atoms with Gasteiger partial charge in [0.15, 0.2) is 0 Å². The van der Waals surface area contributed by atoms with Crippen molar-refractivity contribution in [2.45, 2.75) is 25.7 Å².